The van der Waals surface area contributed by atoms with Crippen LogP contribution in [0, 0.1) is 0 Å². The van der Waals surface area contributed by atoms with Crippen LogP contribution in [0.15, 0.2) is 30.3 Å². The molecule has 1 aliphatic heterocycles. The highest BCUT2D eigenvalue weighted by Crippen LogP contribution is 2.19. The number of likely N-dealkylation sites (tertiary alicyclic amines) is 1. The molecule has 3 amide bonds. The van der Waals surface area contributed by atoms with E-state index in [1.54, 1.807) is 11.9 Å². The molecule has 0 aromatic heterocycles. The van der Waals surface area contributed by atoms with E-state index in [1.807, 2.05) is 30.3 Å². The molecule has 1 unspecified atom stereocenters. The smallest absolute Gasteiger partial charge is 0.287 e. The Balaban J connectivity index is 1.85. The number of hydrogen-bond donors (Lipinski definition) is 1. The van der Waals surface area contributed by atoms with Crippen molar-refractivity contribution >= 4 is 23.5 Å². The van der Waals surface area contributed by atoms with E-state index in [2.05, 4.69) is 0 Å². The summed E-state index contributed by atoms with van der Waals surface area (Å²) in [5, 5.41) is 0. The fourth-order valence-electron chi connectivity index (χ4n) is 3.00. The molecule has 0 saturated carbocycles. The summed E-state index contributed by atoms with van der Waals surface area (Å²) in [4.78, 5) is 50.3. The van der Waals surface area contributed by atoms with Gasteiger partial charge in [0.15, 0.2) is 0 Å². The van der Waals surface area contributed by atoms with Crippen LogP contribution in [-0.2, 0) is 25.7 Å². The first-order valence-corrected chi connectivity index (χ1v) is 8.31. The van der Waals surface area contributed by atoms with Crippen molar-refractivity contribution in [1.29, 1.82) is 0 Å². The Morgan fingerprint density at radius 3 is 2.48 bits per heavy atom. The highest BCUT2D eigenvalue weighted by Gasteiger charge is 2.36. The molecular weight excluding hydrogens is 322 g/mol. The molecule has 2 rings (SSSR count). The minimum atomic E-state index is -1.02. The quantitative estimate of drug-likeness (QED) is 0.726. The Morgan fingerprint density at radius 2 is 1.84 bits per heavy atom. The molecule has 1 fully saturated rings. The molecular formula is C18H23N3O4. The molecule has 2 N–H and O–H groups in total. The second-order valence-electron chi connectivity index (χ2n) is 6.21. The van der Waals surface area contributed by atoms with Crippen molar-refractivity contribution in [2.75, 3.05) is 13.6 Å². The average molecular weight is 345 g/mol. The lowest BCUT2D eigenvalue weighted by Gasteiger charge is -2.23. The molecule has 0 spiro atoms. The second-order valence-corrected chi connectivity index (χ2v) is 6.21. The maximum Gasteiger partial charge on any atom is 0.287 e. The maximum atomic E-state index is 12.3. The highest BCUT2D eigenvalue weighted by atomic mass is 16.2. The Kier molecular flexibility index (Phi) is 6.27. The van der Waals surface area contributed by atoms with Crippen LogP contribution in [-0.4, -0.2) is 52.9 Å². The molecule has 0 radical (unpaired) electrons. The van der Waals surface area contributed by atoms with Crippen LogP contribution < -0.4 is 5.73 Å². The van der Waals surface area contributed by atoms with E-state index in [4.69, 9.17) is 5.73 Å². The number of rotatable bonds is 7. The van der Waals surface area contributed by atoms with Gasteiger partial charge in [-0.15, -0.1) is 0 Å². The predicted molar refractivity (Wildman–Crippen MR) is 91.1 cm³/mol. The molecule has 1 aromatic carbocycles. The highest BCUT2D eigenvalue weighted by molar-refractivity contribution is 6.37. The van der Waals surface area contributed by atoms with Crippen LogP contribution in [0.3, 0.4) is 0 Å². The fraction of sp³-hybridized carbons (Fsp3) is 0.444. The van der Waals surface area contributed by atoms with Crippen LogP contribution in [0.4, 0.5) is 0 Å². The average Bonchev–Trinajstić information content (AvgIpc) is 3.09. The Bertz CT molecular complexity index is 660. The van der Waals surface area contributed by atoms with Crippen molar-refractivity contribution in [3.63, 3.8) is 0 Å². The van der Waals surface area contributed by atoms with Gasteiger partial charge in [-0.3, -0.25) is 19.2 Å². The van der Waals surface area contributed by atoms with Crippen molar-refractivity contribution in [3.05, 3.63) is 35.9 Å². The van der Waals surface area contributed by atoms with Crippen molar-refractivity contribution in [1.82, 2.24) is 9.80 Å². The summed E-state index contributed by atoms with van der Waals surface area (Å²) in [6, 6.07) is 8.80. The van der Waals surface area contributed by atoms with E-state index in [0.717, 1.165) is 5.56 Å². The van der Waals surface area contributed by atoms with Crippen LogP contribution in [0.25, 0.3) is 0 Å². The minimum Gasteiger partial charge on any atom is -0.363 e. The van der Waals surface area contributed by atoms with E-state index >= 15 is 0 Å². The summed E-state index contributed by atoms with van der Waals surface area (Å²) in [5.74, 6) is -2.20. The normalized spacial score (nSPS) is 16.5. The van der Waals surface area contributed by atoms with Gasteiger partial charge in [0.1, 0.15) is 6.04 Å². The summed E-state index contributed by atoms with van der Waals surface area (Å²) in [6.07, 6.45) is 1.17. The summed E-state index contributed by atoms with van der Waals surface area (Å²) in [5.41, 5.74) is 6.04. The van der Waals surface area contributed by atoms with Gasteiger partial charge >= 0.3 is 0 Å². The molecule has 1 heterocycles. The standard InChI is InChI=1S/C18H23N3O4/c1-20(12-13-6-3-2-4-7-13)15(22)9-10-16(23)21-11-5-8-14(21)17(24)18(19)25/h2-4,6-7,14H,5,8-12H2,1H3,(H2,19,25). The van der Waals surface area contributed by atoms with E-state index in [0.29, 0.717) is 25.9 Å². The van der Waals surface area contributed by atoms with Gasteiger partial charge in [0.25, 0.3) is 5.91 Å². The number of nitrogens with two attached hydrogens (primary N) is 1. The lowest BCUT2D eigenvalue weighted by Crippen LogP contribution is -2.45. The summed E-state index contributed by atoms with van der Waals surface area (Å²) in [7, 11) is 1.69. The van der Waals surface area contributed by atoms with Crippen LogP contribution in [0.5, 0.6) is 0 Å². The van der Waals surface area contributed by atoms with E-state index in [9.17, 15) is 19.2 Å². The number of carbonyl (C=O) groups is 4. The number of carbonyl (C=O) groups excluding carboxylic acids is 4. The monoisotopic (exact) mass is 345 g/mol. The van der Waals surface area contributed by atoms with Gasteiger partial charge in [-0.25, -0.2) is 0 Å². The number of Topliss-reactive ketones (excluding diaryl/α,β-unsaturated/α-hetero) is 1. The van der Waals surface area contributed by atoms with Crippen molar-refractivity contribution in [2.24, 2.45) is 5.73 Å². The molecule has 134 valence electrons. The van der Waals surface area contributed by atoms with E-state index < -0.39 is 17.7 Å². The van der Waals surface area contributed by atoms with Gasteiger partial charge < -0.3 is 15.5 Å². The molecule has 1 aliphatic rings. The second kappa shape index (κ2) is 8.41. The molecule has 1 aromatic rings. The molecule has 7 heteroatoms. The summed E-state index contributed by atoms with van der Waals surface area (Å²) < 4.78 is 0. The van der Waals surface area contributed by atoms with Gasteiger partial charge in [-0.1, -0.05) is 30.3 Å². The lowest BCUT2D eigenvalue weighted by molar-refractivity contribution is -0.143. The third-order valence-corrected chi connectivity index (χ3v) is 4.36. The van der Waals surface area contributed by atoms with Gasteiger partial charge in [0.05, 0.1) is 0 Å². The topological polar surface area (TPSA) is 101 Å². The third kappa shape index (κ3) is 4.89. The van der Waals surface area contributed by atoms with Gasteiger partial charge in [-0.05, 0) is 18.4 Å². The Labute approximate surface area is 146 Å². The summed E-state index contributed by atoms with van der Waals surface area (Å²) in [6.45, 7) is 0.886. The Hall–Kier alpha value is -2.70. The van der Waals surface area contributed by atoms with E-state index in [1.165, 1.54) is 4.90 Å². The molecule has 1 atom stereocenters. The molecule has 7 nitrogen and oxygen atoms in total. The molecule has 0 aliphatic carbocycles. The third-order valence-electron chi connectivity index (χ3n) is 4.36. The number of primary amides is 1. The van der Waals surface area contributed by atoms with Crippen LogP contribution in [0.1, 0.15) is 31.2 Å². The SMILES string of the molecule is CN(Cc1ccccc1)C(=O)CCC(=O)N1CCCC1C(=O)C(N)=O. The van der Waals surface area contributed by atoms with Gasteiger partial charge in [0, 0.05) is 33.0 Å². The number of hydrogen-bond acceptors (Lipinski definition) is 4. The molecule has 25 heavy (non-hydrogen) atoms. The zero-order valence-corrected chi connectivity index (χ0v) is 14.3. The summed E-state index contributed by atoms with van der Waals surface area (Å²) >= 11 is 0. The minimum absolute atomic E-state index is 0.0144. The lowest BCUT2D eigenvalue weighted by atomic mass is 10.1. The molecule has 0 bridgehead atoms. The van der Waals surface area contributed by atoms with Crippen molar-refractivity contribution < 1.29 is 19.2 Å². The van der Waals surface area contributed by atoms with Gasteiger partial charge in [0.2, 0.25) is 17.6 Å². The number of nitrogens with zero attached hydrogens (tertiary/aromatic N) is 2. The zero-order valence-electron chi connectivity index (χ0n) is 14.3. The van der Waals surface area contributed by atoms with E-state index in [-0.39, 0.29) is 24.7 Å². The zero-order chi connectivity index (χ0) is 18.4. The first kappa shape index (κ1) is 18.6. The van der Waals surface area contributed by atoms with Gasteiger partial charge in [-0.2, -0.15) is 0 Å². The van der Waals surface area contributed by atoms with Crippen molar-refractivity contribution in [3.8, 4) is 0 Å². The fourth-order valence-corrected chi connectivity index (χ4v) is 3.00. The van der Waals surface area contributed by atoms with Crippen molar-refractivity contribution in [2.45, 2.75) is 38.3 Å². The first-order valence-electron chi connectivity index (χ1n) is 8.31. The Morgan fingerprint density at radius 1 is 1.16 bits per heavy atom. The number of ketones is 1. The largest absolute Gasteiger partial charge is 0.363 e. The molecule has 1 saturated heterocycles. The predicted octanol–water partition coefficient (Wildman–Crippen LogP) is 0.471. The maximum absolute atomic E-state index is 12.3. The van der Waals surface area contributed by atoms with Crippen LogP contribution in [0.2, 0.25) is 0 Å². The number of amides is 3. The first-order chi connectivity index (χ1) is 11.9. The number of benzene rings is 1. The van der Waals surface area contributed by atoms with Crippen LogP contribution >= 0.6 is 0 Å².